The second-order valence-electron chi connectivity index (χ2n) is 2.93. The molecule has 1 aliphatic rings. The lowest BCUT2D eigenvalue weighted by molar-refractivity contribution is -0.134. The number of hydrogen-bond acceptors (Lipinski definition) is 2. The first-order valence-electron chi connectivity index (χ1n) is 4.01. The van der Waals surface area contributed by atoms with Crippen LogP contribution in [0.4, 0.5) is 4.39 Å². The number of carboxylic acid groups (broad SMARTS) is 1. The monoisotopic (exact) mass is 173 g/mol. The molecular weight excluding hydrogens is 161 g/mol. The van der Waals surface area contributed by atoms with Crippen LogP contribution in [0, 0.1) is 5.92 Å². The van der Waals surface area contributed by atoms with E-state index in [0.29, 0.717) is 6.54 Å². The number of halogens is 1. The summed E-state index contributed by atoms with van der Waals surface area (Å²) in [6.07, 6.45) is 3.04. The van der Waals surface area contributed by atoms with Gasteiger partial charge in [0.05, 0.1) is 0 Å². The van der Waals surface area contributed by atoms with E-state index in [9.17, 15) is 9.18 Å². The van der Waals surface area contributed by atoms with Crippen molar-refractivity contribution in [3.8, 4) is 0 Å². The molecule has 0 saturated carbocycles. The Morgan fingerprint density at radius 2 is 2.42 bits per heavy atom. The molecule has 68 valence electrons. The lowest BCUT2D eigenvalue weighted by atomic mass is 9.99. The van der Waals surface area contributed by atoms with Gasteiger partial charge in [-0.25, -0.2) is 4.79 Å². The maximum Gasteiger partial charge on any atom is 0.364 e. The topological polar surface area (TPSA) is 49.3 Å². The van der Waals surface area contributed by atoms with Gasteiger partial charge in [0.15, 0.2) is 0 Å². The SMILES string of the molecule is O=C(O)/C(F)=C/C1CCCNC1. The van der Waals surface area contributed by atoms with Gasteiger partial charge in [0.25, 0.3) is 0 Å². The Morgan fingerprint density at radius 3 is 2.92 bits per heavy atom. The van der Waals surface area contributed by atoms with Gasteiger partial charge in [0.2, 0.25) is 5.83 Å². The van der Waals surface area contributed by atoms with E-state index in [1.165, 1.54) is 6.08 Å². The Bertz CT molecular complexity index is 197. The largest absolute Gasteiger partial charge is 0.476 e. The van der Waals surface area contributed by atoms with Crippen LogP contribution in [-0.2, 0) is 4.79 Å². The summed E-state index contributed by atoms with van der Waals surface area (Å²) in [6, 6.07) is 0. The van der Waals surface area contributed by atoms with Crippen LogP contribution in [0.15, 0.2) is 11.9 Å². The van der Waals surface area contributed by atoms with Gasteiger partial charge >= 0.3 is 5.97 Å². The van der Waals surface area contributed by atoms with E-state index in [1.54, 1.807) is 0 Å². The lowest BCUT2D eigenvalue weighted by Gasteiger charge is -2.19. The van der Waals surface area contributed by atoms with Crippen LogP contribution in [0.5, 0.6) is 0 Å². The molecule has 1 saturated heterocycles. The van der Waals surface area contributed by atoms with Crippen molar-refractivity contribution in [2.75, 3.05) is 13.1 Å². The van der Waals surface area contributed by atoms with Gasteiger partial charge in [-0.15, -0.1) is 0 Å². The fraction of sp³-hybridized carbons (Fsp3) is 0.625. The van der Waals surface area contributed by atoms with Crippen LogP contribution in [0.3, 0.4) is 0 Å². The fourth-order valence-corrected chi connectivity index (χ4v) is 1.30. The molecule has 12 heavy (non-hydrogen) atoms. The third kappa shape index (κ3) is 2.62. The zero-order valence-electron chi connectivity index (χ0n) is 6.72. The predicted octanol–water partition coefficient (Wildman–Crippen LogP) is 0.924. The number of carboxylic acids is 1. The summed E-state index contributed by atoms with van der Waals surface area (Å²) in [6.45, 7) is 1.62. The van der Waals surface area contributed by atoms with Crippen molar-refractivity contribution in [1.82, 2.24) is 5.32 Å². The normalized spacial score (nSPS) is 25.4. The molecule has 0 aromatic carbocycles. The van der Waals surface area contributed by atoms with Gasteiger partial charge in [0, 0.05) is 6.54 Å². The van der Waals surface area contributed by atoms with Gasteiger partial charge in [0.1, 0.15) is 0 Å². The molecule has 2 N–H and O–H groups in total. The van der Waals surface area contributed by atoms with Crippen molar-refractivity contribution >= 4 is 5.97 Å². The van der Waals surface area contributed by atoms with Crippen LogP contribution in [0.2, 0.25) is 0 Å². The number of carbonyl (C=O) groups is 1. The zero-order chi connectivity index (χ0) is 8.97. The molecule has 0 aromatic rings. The van der Waals surface area contributed by atoms with Gasteiger partial charge in [-0.3, -0.25) is 0 Å². The number of piperidine rings is 1. The van der Waals surface area contributed by atoms with Crippen molar-refractivity contribution in [3.05, 3.63) is 11.9 Å². The first kappa shape index (κ1) is 9.19. The minimum Gasteiger partial charge on any atom is -0.476 e. The number of nitrogens with one attached hydrogen (secondary N) is 1. The van der Waals surface area contributed by atoms with E-state index in [1.807, 2.05) is 0 Å². The van der Waals surface area contributed by atoms with Crippen molar-refractivity contribution in [1.29, 1.82) is 0 Å². The summed E-state index contributed by atoms with van der Waals surface area (Å²) in [5.41, 5.74) is 0. The smallest absolute Gasteiger partial charge is 0.364 e. The minimum atomic E-state index is -1.47. The molecule has 1 atom stereocenters. The molecular formula is C8H12FNO2. The Morgan fingerprint density at radius 1 is 1.67 bits per heavy atom. The Kier molecular flexibility index (Phi) is 3.22. The highest BCUT2D eigenvalue weighted by Gasteiger charge is 2.14. The Balaban J connectivity index is 2.47. The third-order valence-corrected chi connectivity index (χ3v) is 1.92. The summed E-state index contributed by atoms with van der Waals surface area (Å²) in [5, 5.41) is 11.3. The maximum atomic E-state index is 12.5. The average molecular weight is 173 g/mol. The molecule has 0 radical (unpaired) electrons. The molecule has 3 nitrogen and oxygen atoms in total. The molecule has 0 aliphatic carbocycles. The summed E-state index contributed by atoms with van der Waals surface area (Å²) in [4.78, 5) is 10.1. The fourth-order valence-electron chi connectivity index (χ4n) is 1.30. The van der Waals surface area contributed by atoms with Gasteiger partial charge in [-0.2, -0.15) is 4.39 Å². The van der Waals surface area contributed by atoms with Crippen LogP contribution in [-0.4, -0.2) is 24.2 Å². The molecule has 4 heteroatoms. The molecule has 1 heterocycles. The molecule has 0 spiro atoms. The molecule has 0 aromatic heterocycles. The predicted molar refractivity (Wildman–Crippen MR) is 42.4 cm³/mol. The van der Waals surface area contributed by atoms with E-state index in [0.717, 1.165) is 19.4 Å². The van der Waals surface area contributed by atoms with E-state index in [2.05, 4.69) is 5.32 Å². The van der Waals surface area contributed by atoms with Crippen LogP contribution >= 0.6 is 0 Å². The standard InChI is InChI=1S/C8H12FNO2/c9-7(8(11)12)4-6-2-1-3-10-5-6/h4,6,10H,1-3,5H2,(H,11,12)/b7-4-. The highest BCUT2D eigenvalue weighted by molar-refractivity contribution is 5.83. The number of aliphatic carboxylic acids is 1. The summed E-state index contributed by atoms with van der Waals surface area (Å²) >= 11 is 0. The van der Waals surface area contributed by atoms with Crippen molar-refractivity contribution in [2.24, 2.45) is 5.92 Å². The van der Waals surface area contributed by atoms with Gasteiger partial charge < -0.3 is 10.4 Å². The summed E-state index contributed by atoms with van der Waals surface area (Å²) in [5.74, 6) is -2.47. The third-order valence-electron chi connectivity index (χ3n) is 1.92. The lowest BCUT2D eigenvalue weighted by Crippen LogP contribution is -2.28. The molecule has 0 bridgehead atoms. The number of hydrogen-bond donors (Lipinski definition) is 2. The second kappa shape index (κ2) is 4.21. The Hall–Kier alpha value is -0.900. The molecule has 1 aliphatic heterocycles. The average Bonchev–Trinajstić information content (AvgIpc) is 2.06. The summed E-state index contributed by atoms with van der Waals surface area (Å²) < 4.78 is 12.5. The van der Waals surface area contributed by atoms with Gasteiger partial charge in [-0.05, 0) is 31.4 Å². The highest BCUT2D eigenvalue weighted by Crippen LogP contribution is 2.13. The molecule has 1 rings (SSSR count). The quantitative estimate of drug-likeness (QED) is 0.610. The van der Waals surface area contributed by atoms with Crippen LogP contribution in [0.25, 0.3) is 0 Å². The van der Waals surface area contributed by atoms with Crippen LogP contribution in [0.1, 0.15) is 12.8 Å². The highest BCUT2D eigenvalue weighted by atomic mass is 19.1. The van der Waals surface area contributed by atoms with Crippen molar-refractivity contribution in [3.63, 3.8) is 0 Å². The van der Waals surface area contributed by atoms with E-state index >= 15 is 0 Å². The first-order chi connectivity index (χ1) is 5.70. The molecule has 1 unspecified atom stereocenters. The van der Waals surface area contributed by atoms with Crippen LogP contribution < -0.4 is 5.32 Å². The number of rotatable bonds is 2. The summed E-state index contributed by atoms with van der Waals surface area (Å²) in [7, 11) is 0. The Labute approximate surface area is 70.3 Å². The van der Waals surface area contributed by atoms with Crippen molar-refractivity contribution in [2.45, 2.75) is 12.8 Å². The maximum absolute atomic E-state index is 12.5. The van der Waals surface area contributed by atoms with E-state index in [-0.39, 0.29) is 5.92 Å². The second-order valence-corrected chi connectivity index (χ2v) is 2.93. The zero-order valence-corrected chi connectivity index (χ0v) is 6.72. The van der Waals surface area contributed by atoms with Crippen molar-refractivity contribution < 1.29 is 14.3 Å². The molecule has 1 fully saturated rings. The first-order valence-corrected chi connectivity index (χ1v) is 4.01. The minimum absolute atomic E-state index is 0.0369. The molecule has 0 amide bonds. The van der Waals surface area contributed by atoms with E-state index < -0.39 is 11.8 Å². The van der Waals surface area contributed by atoms with E-state index in [4.69, 9.17) is 5.11 Å². The van der Waals surface area contributed by atoms with Gasteiger partial charge in [-0.1, -0.05) is 0 Å².